The van der Waals surface area contributed by atoms with Crippen LogP contribution in [-0.2, 0) is 9.59 Å². The number of carbonyl (C=O) groups excluding carboxylic acids is 2. The number of hydrogen-bond acceptors (Lipinski definition) is 3. The third-order valence-electron chi connectivity index (χ3n) is 2.19. The molecule has 1 fully saturated rings. The molecule has 13 heavy (non-hydrogen) atoms. The Morgan fingerprint density at radius 3 is 2.85 bits per heavy atom. The molecule has 0 saturated carbocycles. The highest BCUT2D eigenvalue weighted by molar-refractivity contribution is 5.87. The van der Waals surface area contributed by atoms with Gasteiger partial charge in [0.2, 0.25) is 11.8 Å². The lowest BCUT2D eigenvalue weighted by molar-refractivity contribution is -0.140. The fourth-order valence-corrected chi connectivity index (χ4v) is 1.46. The smallest absolute Gasteiger partial charge is 0.241 e. The molecule has 1 unspecified atom stereocenters. The van der Waals surface area contributed by atoms with Crippen LogP contribution in [0.1, 0.15) is 13.3 Å². The lowest BCUT2D eigenvalue weighted by atomic mass is 10.1. The fourth-order valence-electron chi connectivity index (χ4n) is 1.46. The minimum atomic E-state index is -0.471. The van der Waals surface area contributed by atoms with Gasteiger partial charge in [-0.25, -0.2) is 0 Å². The van der Waals surface area contributed by atoms with Gasteiger partial charge < -0.3 is 16.0 Å². The van der Waals surface area contributed by atoms with Gasteiger partial charge in [-0.3, -0.25) is 9.59 Å². The van der Waals surface area contributed by atoms with Crippen LogP contribution in [-0.4, -0.2) is 42.4 Å². The van der Waals surface area contributed by atoms with E-state index >= 15 is 0 Å². The van der Waals surface area contributed by atoms with Crippen molar-refractivity contribution in [2.75, 3.05) is 19.6 Å². The van der Waals surface area contributed by atoms with E-state index in [-0.39, 0.29) is 5.91 Å². The number of nitrogens with zero attached hydrogens (tertiary/aromatic N) is 1. The molecule has 1 saturated heterocycles. The molecule has 0 aromatic carbocycles. The molecular formula is C8H15N3O2. The van der Waals surface area contributed by atoms with E-state index in [0.29, 0.717) is 19.5 Å². The molecule has 5 heteroatoms. The van der Waals surface area contributed by atoms with Crippen molar-refractivity contribution in [3.8, 4) is 0 Å². The van der Waals surface area contributed by atoms with Crippen LogP contribution in [0.3, 0.4) is 0 Å². The average molecular weight is 185 g/mol. The van der Waals surface area contributed by atoms with Crippen molar-refractivity contribution in [2.45, 2.75) is 19.4 Å². The van der Waals surface area contributed by atoms with Crippen molar-refractivity contribution >= 4 is 11.8 Å². The van der Waals surface area contributed by atoms with Crippen LogP contribution in [0.5, 0.6) is 0 Å². The van der Waals surface area contributed by atoms with Crippen molar-refractivity contribution < 1.29 is 9.59 Å². The van der Waals surface area contributed by atoms with E-state index in [1.807, 2.05) is 0 Å². The second-order valence-electron chi connectivity index (χ2n) is 3.06. The molecule has 0 aromatic heterocycles. The first-order chi connectivity index (χ1) is 6.16. The van der Waals surface area contributed by atoms with Gasteiger partial charge in [-0.2, -0.15) is 0 Å². The van der Waals surface area contributed by atoms with Gasteiger partial charge in [0.05, 0.1) is 0 Å². The molecule has 2 amide bonds. The van der Waals surface area contributed by atoms with Crippen molar-refractivity contribution in [3.63, 3.8) is 0 Å². The van der Waals surface area contributed by atoms with Crippen LogP contribution in [0.25, 0.3) is 0 Å². The Morgan fingerprint density at radius 2 is 2.31 bits per heavy atom. The number of primary amides is 1. The zero-order valence-corrected chi connectivity index (χ0v) is 7.75. The lowest BCUT2D eigenvalue weighted by Crippen LogP contribution is -2.58. The number of nitrogens with one attached hydrogen (secondary N) is 1. The molecular weight excluding hydrogens is 170 g/mol. The quantitative estimate of drug-likeness (QED) is 0.560. The minimum Gasteiger partial charge on any atom is -0.368 e. The largest absolute Gasteiger partial charge is 0.368 e. The summed E-state index contributed by atoms with van der Waals surface area (Å²) in [4.78, 5) is 23.9. The van der Waals surface area contributed by atoms with E-state index in [1.165, 1.54) is 0 Å². The second kappa shape index (κ2) is 4.23. The van der Waals surface area contributed by atoms with Gasteiger partial charge in [0.25, 0.3) is 0 Å². The second-order valence-corrected chi connectivity index (χ2v) is 3.06. The standard InChI is InChI=1S/C8H15N3O2/c1-2-7(12)11-4-3-10-5-6(11)8(9)13/h6,10H,2-5H2,1H3,(H2,9,13). The Morgan fingerprint density at radius 1 is 1.62 bits per heavy atom. The number of amides is 2. The zero-order chi connectivity index (χ0) is 9.84. The first kappa shape index (κ1) is 9.98. The molecule has 0 aliphatic carbocycles. The van der Waals surface area contributed by atoms with E-state index < -0.39 is 11.9 Å². The molecule has 1 aliphatic rings. The highest BCUT2D eigenvalue weighted by atomic mass is 16.2. The fraction of sp³-hybridized carbons (Fsp3) is 0.750. The lowest BCUT2D eigenvalue weighted by Gasteiger charge is -2.33. The van der Waals surface area contributed by atoms with Gasteiger partial charge in [0, 0.05) is 26.1 Å². The van der Waals surface area contributed by atoms with E-state index in [9.17, 15) is 9.59 Å². The summed E-state index contributed by atoms with van der Waals surface area (Å²) in [6.45, 7) is 3.55. The van der Waals surface area contributed by atoms with Gasteiger partial charge >= 0.3 is 0 Å². The summed E-state index contributed by atoms with van der Waals surface area (Å²) >= 11 is 0. The molecule has 1 heterocycles. The van der Waals surface area contributed by atoms with Crippen LogP contribution < -0.4 is 11.1 Å². The maximum Gasteiger partial charge on any atom is 0.241 e. The van der Waals surface area contributed by atoms with Gasteiger partial charge in [-0.1, -0.05) is 6.92 Å². The predicted octanol–water partition coefficient (Wildman–Crippen LogP) is -1.32. The van der Waals surface area contributed by atoms with Crippen molar-refractivity contribution in [2.24, 2.45) is 5.73 Å². The van der Waals surface area contributed by atoms with E-state index in [4.69, 9.17) is 5.73 Å². The maximum atomic E-state index is 11.4. The van der Waals surface area contributed by atoms with Gasteiger partial charge in [-0.15, -0.1) is 0 Å². The molecule has 1 aliphatic heterocycles. The zero-order valence-electron chi connectivity index (χ0n) is 7.75. The third-order valence-corrected chi connectivity index (χ3v) is 2.19. The Labute approximate surface area is 77.3 Å². The van der Waals surface area contributed by atoms with E-state index in [2.05, 4.69) is 5.32 Å². The number of hydrogen-bond donors (Lipinski definition) is 2. The van der Waals surface area contributed by atoms with Crippen molar-refractivity contribution in [1.29, 1.82) is 0 Å². The highest BCUT2D eigenvalue weighted by Gasteiger charge is 2.29. The Kier molecular flexibility index (Phi) is 3.25. The normalized spacial score (nSPS) is 22.8. The average Bonchev–Trinajstić information content (AvgIpc) is 2.16. The van der Waals surface area contributed by atoms with Crippen LogP contribution >= 0.6 is 0 Å². The highest BCUT2D eigenvalue weighted by Crippen LogP contribution is 2.04. The Balaban J connectivity index is 2.67. The van der Waals surface area contributed by atoms with Gasteiger partial charge in [0.15, 0.2) is 0 Å². The van der Waals surface area contributed by atoms with Crippen LogP contribution in [0.4, 0.5) is 0 Å². The molecule has 0 bridgehead atoms. The SMILES string of the molecule is CCC(=O)N1CCNCC1C(N)=O. The number of piperazine rings is 1. The molecule has 5 nitrogen and oxygen atoms in total. The number of rotatable bonds is 2. The number of carbonyl (C=O) groups is 2. The summed E-state index contributed by atoms with van der Waals surface area (Å²) in [6, 6.07) is -0.471. The maximum absolute atomic E-state index is 11.4. The topological polar surface area (TPSA) is 75.4 Å². The van der Waals surface area contributed by atoms with Crippen LogP contribution in [0, 0.1) is 0 Å². The molecule has 0 spiro atoms. The predicted molar refractivity (Wildman–Crippen MR) is 47.9 cm³/mol. The van der Waals surface area contributed by atoms with Gasteiger partial charge in [-0.05, 0) is 0 Å². The molecule has 0 radical (unpaired) electrons. The summed E-state index contributed by atoms with van der Waals surface area (Å²) in [5.41, 5.74) is 5.18. The minimum absolute atomic E-state index is 0.00898. The molecule has 1 atom stereocenters. The van der Waals surface area contributed by atoms with E-state index in [0.717, 1.165) is 6.54 Å². The monoisotopic (exact) mass is 185 g/mol. The molecule has 3 N–H and O–H groups in total. The van der Waals surface area contributed by atoms with E-state index in [1.54, 1.807) is 11.8 Å². The number of nitrogens with two attached hydrogens (primary N) is 1. The van der Waals surface area contributed by atoms with Gasteiger partial charge in [0.1, 0.15) is 6.04 Å². The summed E-state index contributed by atoms with van der Waals surface area (Å²) in [5, 5.41) is 3.03. The van der Waals surface area contributed by atoms with Crippen LogP contribution in [0.15, 0.2) is 0 Å². The Hall–Kier alpha value is -1.10. The summed E-state index contributed by atoms with van der Waals surface area (Å²) in [7, 11) is 0. The van der Waals surface area contributed by atoms with Crippen molar-refractivity contribution in [3.05, 3.63) is 0 Å². The summed E-state index contributed by atoms with van der Waals surface area (Å²) in [5.74, 6) is -0.445. The first-order valence-electron chi connectivity index (χ1n) is 4.46. The Bertz CT molecular complexity index is 217. The third kappa shape index (κ3) is 2.18. The summed E-state index contributed by atoms with van der Waals surface area (Å²) < 4.78 is 0. The van der Waals surface area contributed by atoms with Crippen molar-refractivity contribution in [1.82, 2.24) is 10.2 Å². The molecule has 1 rings (SSSR count). The first-order valence-corrected chi connectivity index (χ1v) is 4.46. The molecule has 74 valence electrons. The van der Waals surface area contributed by atoms with Crippen LogP contribution in [0.2, 0.25) is 0 Å². The molecule has 0 aromatic rings. The summed E-state index contributed by atoms with van der Waals surface area (Å²) in [6.07, 6.45) is 0.420.